The van der Waals surface area contributed by atoms with Crippen molar-refractivity contribution < 1.29 is 9.59 Å². The van der Waals surface area contributed by atoms with Crippen LogP contribution in [0.4, 0.5) is 0 Å². The molecule has 0 radical (unpaired) electrons. The third-order valence-corrected chi connectivity index (χ3v) is 3.32. The summed E-state index contributed by atoms with van der Waals surface area (Å²) in [6.07, 6.45) is 1.56. The van der Waals surface area contributed by atoms with Gasteiger partial charge in [0.15, 0.2) is 0 Å². The number of rotatable bonds is 3. The van der Waals surface area contributed by atoms with Gasteiger partial charge in [0.05, 0.1) is 5.56 Å². The van der Waals surface area contributed by atoms with Crippen molar-refractivity contribution in [2.75, 3.05) is 26.2 Å². The quantitative estimate of drug-likeness (QED) is 0.811. The lowest BCUT2D eigenvalue weighted by atomic mass is 10.1. The Bertz CT molecular complexity index is 486. The second kappa shape index (κ2) is 6.47. The van der Waals surface area contributed by atoms with Gasteiger partial charge in [0.2, 0.25) is 5.91 Å². The van der Waals surface area contributed by atoms with Gasteiger partial charge < -0.3 is 15.5 Å². The van der Waals surface area contributed by atoms with Gasteiger partial charge in [0.25, 0.3) is 5.91 Å². The average Bonchev–Trinajstić information content (AvgIpc) is 2.47. The molecule has 1 aliphatic rings. The van der Waals surface area contributed by atoms with Gasteiger partial charge in [-0.05, 0) is 26.0 Å². The molecule has 1 fully saturated rings. The first kappa shape index (κ1) is 14.5. The summed E-state index contributed by atoms with van der Waals surface area (Å²) in [5, 5.41) is 5.92. The van der Waals surface area contributed by atoms with E-state index in [1.54, 1.807) is 23.2 Å². The van der Waals surface area contributed by atoms with Crippen LogP contribution in [0, 0.1) is 6.92 Å². The van der Waals surface area contributed by atoms with Gasteiger partial charge in [-0.3, -0.25) is 14.6 Å². The number of aryl methyl sites for hydroxylation is 1. The van der Waals surface area contributed by atoms with E-state index in [0.717, 1.165) is 5.69 Å². The van der Waals surface area contributed by atoms with Crippen molar-refractivity contribution in [1.82, 2.24) is 20.5 Å². The fourth-order valence-corrected chi connectivity index (χ4v) is 2.23. The Hall–Kier alpha value is -1.95. The van der Waals surface area contributed by atoms with Crippen LogP contribution in [0.2, 0.25) is 0 Å². The molecule has 1 aromatic rings. The molecule has 6 nitrogen and oxygen atoms in total. The molecular formula is C14H20N4O2. The molecule has 1 saturated heterocycles. The zero-order valence-electron chi connectivity index (χ0n) is 11.8. The number of nitrogens with one attached hydrogen (secondary N) is 2. The number of hydrogen-bond acceptors (Lipinski definition) is 4. The molecule has 1 aliphatic heterocycles. The number of hydrogen-bond donors (Lipinski definition) is 2. The predicted octanol–water partition coefficient (Wildman–Crippen LogP) is -0.0599. The van der Waals surface area contributed by atoms with Crippen molar-refractivity contribution >= 4 is 11.8 Å². The molecule has 20 heavy (non-hydrogen) atoms. The van der Waals surface area contributed by atoms with Crippen LogP contribution in [0.15, 0.2) is 18.3 Å². The summed E-state index contributed by atoms with van der Waals surface area (Å²) in [5.74, 6) is -0.261. The molecule has 0 spiro atoms. The first-order chi connectivity index (χ1) is 9.63. The van der Waals surface area contributed by atoms with E-state index in [2.05, 4.69) is 15.6 Å². The van der Waals surface area contributed by atoms with Gasteiger partial charge >= 0.3 is 0 Å². The molecule has 1 aromatic heterocycles. The van der Waals surface area contributed by atoms with E-state index < -0.39 is 6.04 Å². The third-order valence-electron chi connectivity index (χ3n) is 3.32. The predicted molar refractivity (Wildman–Crippen MR) is 75.4 cm³/mol. The fourth-order valence-electron chi connectivity index (χ4n) is 2.23. The number of pyridine rings is 1. The summed E-state index contributed by atoms with van der Waals surface area (Å²) >= 11 is 0. The van der Waals surface area contributed by atoms with E-state index in [0.29, 0.717) is 31.7 Å². The van der Waals surface area contributed by atoms with Gasteiger partial charge in [-0.15, -0.1) is 0 Å². The Kier molecular flexibility index (Phi) is 4.68. The van der Waals surface area contributed by atoms with Crippen LogP contribution in [-0.2, 0) is 4.79 Å². The summed E-state index contributed by atoms with van der Waals surface area (Å²) < 4.78 is 0. The Balaban J connectivity index is 2.16. The van der Waals surface area contributed by atoms with E-state index in [9.17, 15) is 9.59 Å². The maximum atomic E-state index is 12.5. The van der Waals surface area contributed by atoms with E-state index in [-0.39, 0.29) is 11.8 Å². The van der Waals surface area contributed by atoms with Crippen LogP contribution in [0.1, 0.15) is 23.0 Å². The second-order valence-corrected chi connectivity index (χ2v) is 4.80. The van der Waals surface area contributed by atoms with Crippen LogP contribution < -0.4 is 10.6 Å². The molecule has 2 heterocycles. The summed E-state index contributed by atoms with van der Waals surface area (Å²) in [4.78, 5) is 30.3. The summed E-state index contributed by atoms with van der Waals surface area (Å²) in [7, 11) is 0. The van der Waals surface area contributed by atoms with Crippen LogP contribution in [0.3, 0.4) is 0 Å². The van der Waals surface area contributed by atoms with E-state index >= 15 is 0 Å². The summed E-state index contributed by atoms with van der Waals surface area (Å²) in [6, 6.07) is 3.09. The lowest BCUT2D eigenvalue weighted by molar-refractivity contribution is -0.126. The highest BCUT2D eigenvalue weighted by molar-refractivity contribution is 5.97. The normalized spacial score (nSPS) is 18.7. The lowest BCUT2D eigenvalue weighted by Crippen LogP contribution is -2.59. The molecule has 2 N–H and O–H groups in total. The standard InChI is InChI=1S/C14H20N4O2/c1-3-16-13(19)12-9-15-6-7-18(12)14(20)11-5-4-10(2)17-8-11/h4-5,8,12,15H,3,6-7,9H2,1-2H3,(H,16,19). The summed E-state index contributed by atoms with van der Waals surface area (Å²) in [6.45, 7) is 6.00. The number of carbonyl (C=O) groups excluding carboxylic acids is 2. The number of piperazine rings is 1. The van der Waals surface area contributed by atoms with Crippen molar-refractivity contribution in [2.24, 2.45) is 0 Å². The molecule has 2 amide bonds. The molecule has 1 atom stereocenters. The highest BCUT2D eigenvalue weighted by Gasteiger charge is 2.32. The molecule has 6 heteroatoms. The maximum absolute atomic E-state index is 12.5. The van der Waals surface area contributed by atoms with Gasteiger partial charge in [0, 0.05) is 38.1 Å². The van der Waals surface area contributed by atoms with Crippen molar-refractivity contribution in [3.05, 3.63) is 29.6 Å². The zero-order valence-corrected chi connectivity index (χ0v) is 11.8. The van der Waals surface area contributed by atoms with E-state index in [1.807, 2.05) is 13.8 Å². The lowest BCUT2D eigenvalue weighted by Gasteiger charge is -2.35. The molecule has 1 unspecified atom stereocenters. The van der Waals surface area contributed by atoms with Crippen molar-refractivity contribution in [2.45, 2.75) is 19.9 Å². The molecular weight excluding hydrogens is 256 g/mol. The van der Waals surface area contributed by atoms with Gasteiger partial charge in [-0.25, -0.2) is 0 Å². The first-order valence-electron chi connectivity index (χ1n) is 6.85. The fraction of sp³-hybridized carbons (Fsp3) is 0.500. The minimum atomic E-state index is -0.461. The van der Waals surface area contributed by atoms with Crippen LogP contribution in [0.25, 0.3) is 0 Å². The number of likely N-dealkylation sites (N-methyl/N-ethyl adjacent to an activating group) is 1. The molecule has 0 saturated carbocycles. The zero-order chi connectivity index (χ0) is 14.5. The number of aromatic nitrogens is 1. The van der Waals surface area contributed by atoms with Crippen LogP contribution >= 0.6 is 0 Å². The Morgan fingerprint density at radius 2 is 2.30 bits per heavy atom. The highest BCUT2D eigenvalue weighted by Crippen LogP contribution is 2.10. The van der Waals surface area contributed by atoms with Gasteiger partial charge in [0.1, 0.15) is 6.04 Å². The van der Waals surface area contributed by atoms with Crippen molar-refractivity contribution in [1.29, 1.82) is 0 Å². The highest BCUT2D eigenvalue weighted by atomic mass is 16.2. The first-order valence-corrected chi connectivity index (χ1v) is 6.85. The second-order valence-electron chi connectivity index (χ2n) is 4.80. The molecule has 0 bridgehead atoms. The van der Waals surface area contributed by atoms with Gasteiger partial charge in [-0.1, -0.05) is 0 Å². The number of amides is 2. The number of carbonyl (C=O) groups is 2. The Morgan fingerprint density at radius 1 is 1.50 bits per heavy atom. The monoisotopic (exact) mass is 276 g/mol. The van der Waals surface area contributed by atoms with Gasteiger partial charge in [-0.2, -0.15) is 0 Å². The minimum Gasteiger partial charge on any atom is -0.355 e. The van der Waals surface area contributed by atoms with E-state index in [4.69, 9.17) is 0 Å². The maximum Gasteiger partial charge on any atom is 0.256 e. The van der Waals surface area contributed by atoms with E-state index in [1.165, 1.54) is 0 Å². The van der Waals surface area contributed by atoms with Crippen molar-refractivity contribution in [3.8, 4) is 0 Å². The minimum absolute atomic E-state index is 0.117. The Labute approximate surface area is 118 Å². The number of nitrogens with zero attached hydrogens (tertiary/aromatic N) is 2. The van der Waals surface area contributed by atoms with Crippen LogP contribution in [0.5, 0.6) is 0 Å². The van der Waals surface area contributed by atoms with Crippen LogP contribution in [-0.4, -0.2) is 53.9 Å². The molecule has 0 aromatic carbocycles. The Morgan fingerprint density at radius 3 is 2.95 bits per heavy atom. The molecule has 0 aliphatic carbocycles. The SMILES string of the molecule is CCNC(=O)C1CNCCN1C(=O)c1ccc(C)nc1. The molecule has 108 valence electrons. The largest absolute Gasteiger partial charge is 0.355 e. The molecule has 2 rings (SSSR count). The smallest absolute Gasteiger partial charge is 0.256 e. The summed E-state index contributed by atoms with van der Waals surface area (Å²) in [5.41, 5.74) is 1.38. The third kappa shape index (κ3) is 3.14. The van der Waals surface area contributed by atoms with Crippen molar-refractivity contribution in [3.63, 3.8) is 0 Å². The average molecular weight is 276 g/mol. The topological polar surface area (TPSA) is 74.3 Å².